The van der Waals surface area contributed by atoms with E-state index in [1.165, 1.54) is 6.20 Å². The normalized spacial score (nSPS) is 9.58. The van der Waals surface area contributed by atoms with Crippen LogP contribution >= 0.6 is 0 Å². The van der Waals surface area contributed by atoms with Crippen LogP contribution in [0.5, 0.6) is 0 Å². The van der Waals surface area contributed by atoms with Gasteiger partial charge in [0.15, 0.2) is 5.65 Å². The predicted molar refractivity (Wildman–Crippen MR) is 42.0 cm³/mol. The van der Waals surface area contributed by atoms with E-state index >= 15 is 0 Å². The van der Waals surface area contributed by atoms with Gasteiger partial charge < -0.3 is 0 Å². The van der Waals surface area contributed by atoms with Gasteiger partial charge in [-0.3, -0.25) is 4.98 Å². The Labute approximate surface area is 68.5 Å². The highest BCUT2D eigenvalue weighted by Gasteiger charge is 1.96. The molecule has 0 aliphatic carbocycles. The van der Waals surface area contributed by atoms with Crippen LogP contribution in [0.3, 0.4) is 0 Å². The second kappa shape index (κ2) is 2.55. The van der Waals surface area contributed by atoms with Crippen molar-refractivity contribution < 1.29 is 0 Å². The predicted octanol–water partition coefficient (Wildman–Crippen LogP) is 0.896. The van der Waals surface area contributed by atoms with Crippen LogP contribution in [0.2, 0.25) is 0 Å². The lowest BCUT2D eigenvalue weighted by Gasteiger charge is -1.92. The second-order valence-electron chi connectivity index (χ2n) is 2.23. The maximum atomic E-state index is 8.56. The molecule has 0 atom stereocenters. The molecule has 0 aromatic carbocycles. The van der Waals surface area contributed by atoms with E-state index in [0.717, 1.165) is 0 Å². The standard InChI is InChI=1S/C8H4N4/c9-4-6-3-7-8(12-5-6)11-2-1-10-7/h1-3,5H. The van der Waals surface area contributed by atoms with Crippen LogP contribution in [0.1, 0.15) is 5.56 Å². The molecule has 2 aromatic heterocycles. The van der Waals surface area contributed by atoms with Gasteiger partial charge >= 0.3 is 0 Å². The van der Waals surface area contributed by atoms with Crippen molar-refractivity contribution in [1.29, 1.82) is 5.26 Å². The van der Waals surface area contributed by atoms with Crippen molar-refractivity contribution in [2.24, 2.45) is 0 Å². The molecule has 0 saturated carbocycles. The molecule has 0 fully saturated rings. The van der Waals surface area contributed by atoms with Gasteiger partial charge in [0.05, 0.1) is 5.56 Å². The number of aromatic nitrogens is 3. The number of fused-ring (bicyclic) bond motifs is 1. The molecule has 4 heteroatoms. The summed E-state index contributed by atoms with van der Waals surface area (Å²) in [5.41, 5.74) is 1.72. The molecule has 0 aliphatic heterocycles. The molecule has 0 aliphatic rings. The van der Waals surface area contributed by atoms with Gasteiger partial charge in [0.2, 0.25) is 0 Å². The second-order valence-corrected chi connectivity index (χ2v) is 2.23. The average molecular weight is 156 g/mol. The molecular weight excluding hydrogens is 152 g/mol. The van der Waals surface area contributed by atoms with Crippen molar-refractivity contribution in [3.63, 3.8) is 0 Å². The molecule has 0 saturated heterocycles. The van der Waals surface area contributed by atoms with E-state index in [4.69, 9.17) is 5.26 Å². The Morgan fingerprint density at radius 2 is 2.00 bits per heavy atom. The minimum Gasteiger partial charge on any atom is -0.251 e. The third-order valence-electron chi connectivity index (χ3n) is 1.45. The quantitative estimate of drug-likeness (QED) is 0.568. The topological polar surface area (TPSA) is 62.5 Å². The van der Waals surface area contributed by atoms with Crippen molar-refractivity contribution in [3.8, 4) is 6.07 Å². The summed E-state index contributed by atoms with van der Waals surface area (Å²) < 4.78 is 0. The molecule has 2 rings (SSSR count). The Bertz CT molecular complexity index is 458. The summed E-state index contributed by atoms with van der Waals surface area (Å²) in [6.45, 7) is 0. The van der Waals surface area contributed by atoms with E-state index < -0.39 is 0 Å². The van der Waals surface area contributed by atoms with Crippen molar-refractivity contribution in [3.05, 3.63) is 30.2 Å². The fourth-order valence-electron chi connectivity index (χ4n) is 0.919. The average Bonchev–Trinajstić information content (AvgIpc) is 2.17. The first-order valence-electron chi connectivity index (χ1n) is 3.37. The Balaban J connectivity index is 2.78. The minimum atomic E-state index is 0.503. The van der Waals surface area contributed by atoms with Crippen molar-refractivity contribution in [2.75, 3.05) is 0 Å². The maximum absolute atomic E-state index is 8.56. The van der Waals surface area contributed by atoms with E-state index in [1.807, 2.05) is 6.07 Å². The first-order chi connectivity index (χ1) is 5.90. The molecule has 12 heavy (non-hydrogen) atoms. The Morgan fingerprint density at radius 1 is 1.17 bits per heavy atom. The summed E-state index contributed by atoms with van der Waals surface area (Å²) in [5, 5.41) is 8.56. The molecular formula is C8H4N4. The molecule has 0 unspecified atom stereocenters. The van der Waals surface area contributed by atoms with Crippen molar-refractivity contribution >= 4 is 11.2 Å². The fourth-order valence-corrected chi connectivity index (χ4v) is 0.919. The summed E-state index contributed by atoms with van der Waals surface area (Å²) in [7, 11) is 0. The van der Waals surface area contributed by atoms with E-state index in [1.54, 1.807) is 18.5 Å². The molecule has 2 heterocycles. The van der Waals surface area contributed by atoms with Gasteiger partial charge in [-0.25, -0.2) is 9.97 Å². The van der Waals surface area contributed by atoms with E-state index in [-0.39, 0.29) is 0 Å². The summed E-state index contributed by atoms with van der Waals surface area (Å²) in [5.74, 6) is 0. The zero-order valence-corrected chi connectivity index (χ0v) is 6.10. The minimum absolute atomic E-state index is 0.503. The number of nitriles is 1. The number of pyridine rings is 1. The molecule has 0 bridgehead atoms. The summed E-state index contributed by atoms with van der Waals surface area (Å²) in [6, 6.07) is 3.65. The van der Waals surface area contributed by atoms with E-state index in [0.29, 0.717) is 16.7 Å². The van der Waals surface area contributed by atoms with Gasteiger partial charge in [0.25, 0.3) is 0 Å². The maximum Gasteiger partial charge on any atom is 0.178 e. The van der Waals surface area contributed by atoms with Crippen LogP contribution < -0.4 is 0 Å². The summed E-state index contributed by atoms with van der Waals surface area (Å²) in [6.07, 6.45) is 4.63. The lowest BCUT2D eigenvalue weighted by Crippen LogP contribution is -1.86. The highest BCUT2D eigenvalue weighted by Crippen LogP contribution is 2.05. The molecule has 0 radical (unpaired) electrons. The van der Waals surface area contributed by atoms with Gasteiger partial charge in [-0.15, -0.1) is 0 Å². The van der Waals surface area contributed by atoms with Crippen molar-refractivity contribution in [2.45, 2.75) is 0 Å². The van der Waals surface area contributed by atoms with E-state index in [9.17, 15) is 0 Å². The lowest BCUT2D eigenvalue weighted by atomic mass is 10.3. The van der Waals surface area contributed by atoms with Crippen LogP contribution in [-0.4, -0.2) is 15.0 Å². The number of rotatable bonds is 0. The van der Waals surface area contributed by atoms with Gasteiger partial charge in [-0.05, 0) is 6.07 Å². The van der Waals surface area contributed by atoms with Crippen LogP contribution in [-0.2, 0) is 0 Å². The van der Waals surface area contributed by atoms with Crippen LogP contribution in [0.15, 0.2) is 24.7 Å². The van der Waals surface area contributed by atoms with Gasteiger partial charge in [0, 0.05) is 18.6 Å². The molecule has 4 nitrogen and oxygen atoms in total. The van der Waals surface area contributed by atoms with Gasteiger partial charge in [-0.2, -0.15) is 5.26 Å². The van der Waals surface area contributed by atoms with Crippen LogP contribution in [0.4, 0.5) is 0 Å². The largest absolute Gasteiger partial charge is 0.251 e. The molecule has 2 aromatic rings. The number of hydrogen-bond acceptors (Lipinski definition) is 4. The third kappa shape index (κ3) is 0.974. The Hall–Kier alpha value is -2.02. The van der Waals surface area contributed by atoms with Gasteiger partial charge in [-0.1, -0.05) is 0 Å². The van der Waals surface area contributed by atoms with E-state index in [2.05, 4.69) is 15.0 Å². The molecule has 56 valence electrons. The lowest BCUT2D eigenvalue weighted by molar-refractivity contribution is 1.22. The first kappa shape index (κ1) is 6.68. The Morgan fingerprint density at radius 3 is 2.83 bits per heavy atom. The molecule has 0 N–H and O–H groups in total. The molecule has 0 spiro atoms. The summed E-state index contributed by atoms with van der Waals surface area (Å²) >= 11 is 0. The SMILES string of the molecule is N#Cc1cnc2nccnc2c1. The summed E-state index contributed by atoms with van der Waals surface area (Å²) in [4.78, 5) is 11.9. The zero-order chi connectivity index (χ0) is 8.39. The molecule has 0 amide bonds. The monoisotopic (exact) mass is 156 g/mol. The first-order valence-corrected chi connectivity index (χ1v) is 3.37. The van der Waals surface area contributed by atoms with Crippen molar-refractivity contribution in [1.82, 2.24) is 15.0 Å². The third-order valence-corrected chi connectivity index (χ3v) is 1.45. The highest BCUT2D eigenvalue weighted by atomic mass is 14.9. The van der Waals surface area contributed by atoms with Crippen LogP contribution in [0, 0.1) is 11.3 Å². The zero-order valence-electron chi connectivity index (χ0n) is 6.10. The van der Waals surface area contributed by atoms with Gasteiger partial charge in [0.1, 0.15) is 11.6 Å². The van der Waals surface area contributed by atoms with Crippen LogP contribution in [0.25, 0.3) is 11.2 Å². The number of nitrogens with zero attached hydrogens (tertiary/aromatic N) is 4. The fraction of sp³-hybridized carbons (Fsp3) is 0. The number of hydrogen-bond donors (Lipinski definition) is 0. The smallest absolute Gasteiger partial charge is 0.178 e. The Kier molecular flexibility index (Phi) is 1.42. The highest BCUT2D eigenvalue weighted by molar-refractivity contribution is 5.70.